The smallest absolute Gasteiger partial charge is 0.872 e. The number of allylic oxidation sites excluding steroid dienone is 1. The number of nitro groups is 1. The van der Waals surface area contributed by atoms with Crippen molar-refractivity contribution in [3.05, 3.63) is 69.8 Å². The minimum Gasteiger partial charge on any atom is -0.872 e. The Labute approximate surface area is 286 Å². The van der Waals surface area contributed by atoms with Gasteiger partial charge in [0.1, 0.15) is 0 Å². The van der Waals surface area contributed by atoms with Gasteiger partial charge in [0, 0.05) is 42.9 Å². The number of carbonyl (C=O) groups is 1. The molecule has 0 aliphatic carbocycles. The number of para-hydroxylation sites is 1. The maximum absolute atomic E-state index is 13.8. The molecular formula is C32H41N3NaO9+. The molecule has 1 saturated heterocycles. The summed E-state index contributed by atoms with van der Waals surface area (Å²) in [5.41, 5.74) is 2.26. The molecule has 13 heteroatoms. The Morgan fingerprint density at radius 1 is 0.867 bits per heavy atom. The molecule has 2 aliphatic heterocycles. The number of hydrogen-bond donors (Lipinski definition) is 0. The fourth-order valence-corrected chi connectivity index (χ4v) is 5.19. The number of benzene rings is 2. The van der Waals surface area contributed by atoms with E-state index in [0.29, 0.717) is 79.2 Å². The Morgan fingerprint density at radius 3 is 1.96 bits per heavy atom. The van der Waals surface area contributed by atoms with Crippen LogP contribution in [-0.4, -0.2) is 112 Å². The molecule has 0 radical (unpaired) electrons. The summed E-state index contributed by atoms with van der Waals surface area (Å²) in [6, 6.07) is 11.5. The largest absolute Gasteiger partial charge is 1.00 e. The molecule has 0 aromatic heterocycles. The van der Waals surface area contributed by atoms with E-state index < -0.39 is 10.3 Å². The number of rotatable bonds is 5. The maximum Gasteiger partial charge on any atom is 1.00 e. The molecule has 0 unspecified atom stereocenters. The van der Waals surface area contributed by atoms with Gasteiger partial charge in [-0.3, -0.25) is 14.9 Å². The molecule has 1 amide bonds. The van der Waals surface area contributed by atoms with E-state index in [2.05, 4.69) is 13.8 Å². The molecule has 0 N–H and O–H groups in total. The van der Waals surface area contributed by atoms with E-state index in [1.807, 2.05) is 28.8 Å². The Morgan fingerprint density at radius 2 is 1.40 bits per heavy atom. The second kappa shape index (κ2) is 18.5. The minimum absolute atomic E-state index is 0. The van der Waals surface area contributed by atoms with Gasteiger partial charge >= 0.3 is 29.6 Å². The first kappa shape index (κ1) is 36.8. The van der Waals surface area contributed by atoms with Crippen molar-refractivity contribution in [3.8, 4) is 5.75 Å². The van der Waals surface area contributed by atoms with Crippen LogP contribution in [0.15, 0.2) is 48.5 Å². The third-order valence-electron chi connectivity index (χ3n) is 7.57. The molecule has 2 aromatic carbocycles. The van der Waals surface area contributed by atoms with Crippen LogP contribution in [0, 0.1) is 10.1 Å². The summed E-state index contributed by atoms with van der Waals surface area (Å²) in [6.45, 7) is 9.13. The zero-order chi connectivity index (χ0) is 31.4. The van der Waals surface area contributed by atoms with Crippen molar-refractivity contribution in [1.82, 2.24) is 4.90 Å². The molecule has 1 fully saturated rings. The summed E-state index contributed by atoms with van der Waals surface area (Å²) in [7, 11) is 0. The first-order chi connectivity index (χ1) is 21.3. The van der Waals surface area contributed by atoms with Crippen molar-refractivity contribution in [2.75, 3.05) is 85.7 Å². The van der Waals surface area contributed by atoms with E-state index in [4.69, 9.17) is 23.7 Å². The van der Waals surface area contributed by atoms with Crippen LogP contribution < -0.4 is 34.7 Å². The van der Waals surface area contributed by atoms with Gasteiger partial charge in [0.25, 0.3) is 11.6 Å². The SMILES string of the molecule is CC1(C)C(/C=C/c2cc([N+](=O)[O-])ccc2[O-])=[N+](CC(=O)N2CCOCCOCCOCCOCCOCC2)c2ccccc21.[Na+]. The van der Waals surface area contributed by atoms with Gasteiger partial charge in [0.05, 0.1) is 76.4 Å². The van der Waals surface area contributed by atoms with E-state index in [0.717, 1.165) is 17.0 Å². The van der Waals surface area contributed by atoms with E-state index in [1.54, 1.807) is 17.1 Å². The van der Waals surface area contributed by atoms with E-state index in [-0.39, 0.29) is 59.0 Å². The number of nitro benzene ring substituents is 1. The van der Waals surface area contributed by atoms with Crippen molar-refractivity contribution in [1.29, 1.82) is 0 Å². The third kappa shape index (κ3) is 10.4. The molecule has 2 heterocycles. The second-order valence-electron chi connectivity index (χ2n) is 10.9. The van der Waals surface area contributed by atoms with E-state index >= 15 is 0 Å². The molecule has 4 rings (SSSR count). The predicted octanol–water partition coefficient (Wildman–Crippen LogP) is -0.313. The number of fused-ring (bicyclic) bond motifs is 1. The number of carbonyl (C=O) groups excluding carboxylic acids is 1. The Bertz CT molecular complexity index is 1330. The van der Waals surface area contributed by atoms with Crippen molar-refractivity contribution in [2.24, 2.45) is 0 Å². The molecule has 0 saturated carbocycles. The van der Waals surface area contributed by atoms with E-state index in [1.165, 1.54) is 18.2 Å². The van der Waals surface area contributed by atoms with Gasteiger partial charge in [-0.25, -0.2) is 0 Å². The van der Waals surface area contributed by atoms with Gasteiger partial charge in [0.2, 0.25) is 12.2 Å². The van der Waals surface area contributed by atoms with Gasteiger partial charge in [-0.05, 0) is 25.5 Å². The first-order valence-corrected chi connectivity index (χ1v) is 14.8. The van der Waals surface area contributed by atoms with Crippen LogP contribution in [-0.2, 0) is 33.9 Å². The normalized spacial score (nSPS) is 18.9. The van der Waals surface area contributed by atoms with Crippen LogP contribution in [0.1, 0.15) is 25.0 Å². The molecule has 0 spiro atoms. The van der Waals surface area contributed by atoms with Crippen LogP contribution in [0.2, 0.25) is 0 Å². The van der Waals surface area contributed by atoms with Gasteiger partial charge in [-0.2, -0.15) is 4.58 Å². The number of hydrogen-bond acceptors (Lipinski definition) is 9. The first-order valence-electron chi connectivity index (χ1n) is 14.8. The molecule has 12 nitrogen and oxygen atoms in total. The number of nitrogens with zero attached hydrogens (tertiary/aromatic N) is 3. The summed E-state index contributed by atoms with van der Waals surface area (Å²) >= 11 is 0. The summed E-state index contributed by atoms with van der Waals surface area (Å²) in [5.74, 6) is -0.439. The molecule has 0 atom stereocenters. The average molecular weight is 635 g/mol. The minimum atomic E-state index is -0.529. The maximum atomic E-state index is 13.8. The number of ether oxygens (including phenoxy) is 5. The topological polar surface area (TPSA) is 136 Å². The van der Waals surface area contributed by atoms with Crippen molar-refractivity contribution >= 4 is 29.1 Å². The van der Waals surface area contributed by atoms with Gasteiger partial charge < -0.3 is 33.7 Å². The summed E-state index contributed by atoms with van der Waals surface area (Å²) in [5, 5.41) is 23.8. The fourth-order valence-electron chi connectivity index (χ4n) is 5.19. The Hall–Kier alpha value is -2.68. The predicted molar refractivity (Wildman–Crippen MR) is 162 cm³/mol. The monoisotopic (exact) mass is 634 g/mol. The summed E-state index contributed by atoms with van der Waals surface area (Å²) < 4.78 is 29.9. The average Bonchev–Trinajstić information content (AvgIpc) is 3.21. The fraction of sp³-hybridized carbons (Fsp3) is 0.500. The summed E-state index contributed by atoms with van der Waals surface area (Å²) in [4.78, 5) is 26.3. The van der Waals surface area contributed by atoms with Crippen molar-refractivity contribution < 1.29 is 72.6 Å². The van der Waals surface area contributed by atoms with E-state index in [9.17, 15) is 20.0 Å². The van der Waals surface area contributed by atoms with Gasteiger partial charge in [0.15, 0.2) is 5.71 Å². The molecule has 238 valence electrons. The molecule has 0 bridgehead atoms. The number of non-ortho nitro benzene ring substituents is 1. The standard InChI is InChI=1S/C32H41N3O9.Na/c1-32(2)27-5-3-4-6-28(27)34(30(32)10-7-25-23-26(35(38)39)8-9-29(25)36)24-31(37)33-11-13-40-15-17-42-19-21-44-22-20-43-18-16-41-14-12-33;/h3-10,23H,11-22,24H2,1-2H3;/q;+1. The van der Waals surface area contributed by atoms with Crippen molar-refractivity contribution in [3.63, 3.8) is 0 Å². The molecule has 2 aromatic rings. The van der Waals surface area contributed by atoms with Crippen LogP contribution in [0.3, 0.4) is 0 Å². The van der Waals surface area contributed by atoms with Crippen LogP contribution >= 0.6 is 0 Å². The zero-order valence-corrected chi connectivity index (χ0v) is 28.4. The second-order valence-corrected chi connectivity index (χ2v) is 10.9. The third-order valence-corrected chi connectivity index (χ3v) is 7.57. The molecular weight excluding hydrogens is 593 g/mol. The Kier molecular flexibility index (Phi) is 15.1. The quantitative estimate of drug-likeness (QED) is 0.188. The zero-order valence-electron chi connectivity index (χ0n) is 26.4. The van der Waals surface area contributed by atoms with Crippen LogP contribution in [0.25, 0.3) is 6.08 Å². The molecule has 2 aliphatic rings. The summed E-state index contributed by atoms with van der Waals surface area (Å²) in [6.07, 6.45) is 3.37. The molecule has 45 heavy (non-hydrogen) atoms. The van der Waals surface area contributed by atoms with Gasteiger partial charge in [-0.15, -0.1) is 5.75 Å². The van der Waals surface area contributed by atoms with Gasteiger partial charge in [-0.1, -0.05) is 24.3 Å². The van der Waals surface area contributed by atoms with Crippen LogP contribution in [0.5, 0.6) is 5.75 Å². The number of amides is 1. The Balaban J connectivity index is 0.00000552. The van der Waals surface area contributed by atoms with Crippen molar-refractivity contribution in [2.45, 2.75) is 19.3 Å². The van der Waals surface area contributed by atoms with Crippen LogP contribution in [0.4, 0.5) is 11.4 Å².